The van der Waals surface area contributed by atoms with Gasteiger partial charge in [0.2, 0.25) is 5.95 Å². The summed E-state index contributed by atoms with van der Waals surface area (Å²) in [5, 5.41) is 11.7. The molecule has 3 aromatic heterocycles. The highest BCUT2D eigenvalue weighted by molar-refractivity contribution is 7.22. The van der Waals surface area contributed by atoms with Gasteiger partial charge in [0.15, 0.2) is 10.7 Å². The zero-order valence-corrected chi connectivity index (χ0v) is 36.2. The molecular formula is C48H67N7OS. The van der Waals surface area contributed by atoms with Gasteiger partial charge in [0.05, 0.1) is 21.3 Å². The standard InChI is InChI=1S/C16H23N3.C16H22N2O.C16H22N2S/c1-11(2)12-8-9-14-15(10-12)19-16(18-14)17-13-6-4-3-5-7-13;2*1-11(2)12-8-9-15-14(10-12)18-16(19-15)17-13-6-4-3-5-7-13/h8-11,13H,3-7H2,1-2H3,(H2,17,18,19);2*8-11,13H,3-7H2,1-2H3,(H,17,18). The quantitative estimate of drug-likeness (QED) is 0.116. The van der Waals surface area contributed by atoms with Crippen molar-refractivity contribution in [3.8, 4) is 0 Å². The lowest BCUT2D eigenvalue weighted by Gasteiger charge is -2.22. The molecule has 0 spiro atoms. The van der Waals surface area contributed by atoms with Gasteiger partial charge >= 0.3 is 0 Å². The van der Waals surface area contributed by atoms with E-state index in [0.717, 1.165) is 38.7 Å². The van der Waals surface area contributed by atoms with Gasteiger partial charge in [-0.3, -0.25) is 0 Å². The molecular weight excluding hydrogens is 723 g/mol. The summed E-state index contributed by atoms with van der Waals surface area (Å²) in [5.41, 5.74) is 9.24. The molecule has 8 nitrogen and oxygen atoms in total. The summed E-state index contributed by atoms with van der Waals surface area (Å²) < 4.78 is 7.08. The molecule has 9 heteroatoms. The number of benzene rings is 3. The van der Waals surface area contributed by atoms with Gasteiger partial charge in [-0.25, -0.2) is 9.97 Å². The second-order valence-electron chi connectivity index (χ2n) is 17.8. The molecule has 3 aliphatic rings. The number of aromatic nitrogens is 4. The largest absolute Gasteiger partial charge is 0.424 e. The Morgan fingerprint density at radius 3 is 1.68 bits per heavy atom. The number of hydrogen-bond donors (Lipinski definition) is 4. The summed E-state index contributed by atoms with van der Waals surface area (Å²) in [6.07, 6.45) is 19.8. The number of aromatic amines is 1. The summed E-state index contributed by atoms with van der Waals surface area (Å²) in [5.74, 6) is 2.59. The summed E-state index contributed by atoms with van der Waals surface area (Å²) in [7, 11) is 0. The molecule has 3 aliphatic carbocycles. The Hall–Kier alpha value is -4.11. The third kappa shape index (κ3) is 11.3. The first-order chi connectivity index (χ1) is 27.7. The monoisotopic (exact) mass is 790 g/mol. The highest BCUT2D eigenvalue weighted by Crippen LogP contribution is 2.31. The van der Waals surface area contributed by atoms with Crippen molar-refractivity contribution >= 4 is 60.8 Å². The van der Waals surface area contributed by atoms with E-state index in [-0.39, 0.29) is 0 Å². The van der Waals surface area contributed by atoms with Crippen LogP contribution >= 0.6 is 11.3 Å². The fourth-order valence-corrected chi connectivity index (χ4v) is 9.39. The summed E-state index contributed by atoms with van der Waals surface area (Å²) in [6, 6.07) is 21.9. The second-order valence-corrected chi connectivity index (χ2v) is 18.8. The van der Waals surface area contributed by atoms with E-state index in [2.05, 4.69) is 121 Å². The van der Waals surface area contributed by atoms with Crippen LogP contribution in [-0.2, 0) is 0 Å². The SMILES string of the molecule is CC(C)c1ccc2nc(NC3CCCCC3)[nH]c2c1.CC(C)c1ccc2oc(NC3CCCCC3)nc2c1.CC(C)c1ccc2sc(NC3CCCCC3)nc2c1. The van der Waals surface area contributed by atoms with Crippen LogP contribution in [0.4, 0.5) is 17.1 Å². The van der Waals surface area contributed by atoms with Crippen molar-refractivity contribution in [1.82, 2.24) is 19.9 Å². The normalized spacial score (nSPS) is 17.2. The zero-order valence-electron chi connectivity index (χ0n) is 35.4. The highest BCUT2D eigenvalue weighted by Gasteiger charge is 2.18. The predicted octanol–water partition coefficient (Wildman–Crippen LogP) is 14.3. The van der Waals surface area contributed by atoms with Gasteiger partial charge in [0.25, 0.3) is 6.01 Å². The molecule has 57 heavy (non-hydrogen) atoms. The fraction of sp³-hybridized carbons (Fsp3) is 0.562. The summed E-state index contributed by atoms with van der Waals surface area (Å²) in [6.45, 7) is 13.3. The van der Waals surface area contributed by atoms with E-state index < -0.39 is 0 Å². The van der Waals surface area contributed by atoms with E-state index in [1.807, 2.05) is 6.07 Å². The van der Waals surface area contributed by atoms with Crippen molar-refractivity contribution in [3.63, 3.8) is 0 Å². The number of hydrogen-bond acceptors (Lipinski definition) is 8. The molecule has 9 rings (SSSR count). The number of nitrogens with zero attached hydrogens (tertiary/aromatic N) is 3. The van der Waals surface area contributed by atoms with Crippen LogP contribution in [0.2, 0.25) is 0 Å². The Morgan fingerprint density at radius 2 is 1.07 bits per heavy atom. The number of H-pyrrole nitrogens is 1. The molecule has 0 bridgehead atoms. The molecule has 3 aromatic carbocycles. The first kappa shape index (κ1) is 41.1. The zero-order chi connectivity index (χ0) is 39.7. The van der Waals surface area contributed by atoms with Crippen LogP contribution in [-0.4, -0.2) is 38.1 Å². The van der Waals surface area contributed by atoms with Crippen molar-refractivity contribution in [1.29, 1.82) is 0 Å². The van der Waals surface area contributed by atoms with E-state index in [0.29, 0.717) is 41.9 Å². The second kappa shape index (κ2) is 19.6. The maximum Gasteiger partial charge on any atom is 0.295 e. The van der Waals surface area contributed by atoms with Crippen LogP contribution in [0, 0.1) is 0 Å². The molecule has 0 amide bonds. The average molecular weight is 790 g/mol. The Kier molecular flexibility index (Phi) is 14.1. The lowest BCUT2D eigenvalue weighted by Crippen LogP contribution is -2.22. The van der Waals surface area contributed by atoms with E-state index in [4.69, 9.17) is 9.40 Å². The number of nitrogens with one attached hydrogen (secondary N) is 4. The molecule has 0 aliphatic heterocycles. The van der Waals surface area contributed by atoms with Gasteiger partial charge in [-0.05, 0) is 109 Å². The van der Waals surface area contributed by atoms with Gasteiger partial charge in [-0.2, -0.15) is 4.98 Å². The molecule has 6 aromatic rings. The molecule has 0 atom stereocenters. The molecule has 306 valence electrons. The molecule has 0 saturated heterocycles. The molecule has 3 saturated carbocycles. The van der Waals surface area contributed by atoms with Gasteiger partial charge in [-0.1, -0.05) is 129 Å². The smallest absolute Gasteiger partial charge is 0.295 e. The average Bonchev–Trinajstić information content (AvgIpc) is 3.94. The first-order valence-corrected chi connectivity index (χ1v) is 23.1. The number of imidazole rings is 1. The minimum absolute atomic E-state index is 0.524. The Labute approximate surface area is 344 Å². The topological polar surface area (TPSA) is 104 Å². The van der Waals surface area contributed by atoms with Crippen molar-refractivity contribution < 1.29 is 4.42 Å². The highest BCUT2D eigenvalue weighted by atomic mass is 32.1. The van der Waals surface area contributed by atoms with E-state index >= 15 is 0 Å². The van der Waals surface area contributed by atoms with Crippen molar-refractivity contribution in [2.75, 3.05) is 16.0 Å². The Balaban J connectivity index is 0.000000131. The third-order valence-electron chi connectivity index (χ3n) is 12.1. The number of fused-ring (bicyclic) bond motifs is 3. The molecule has 4 N–H and O–H groups in total. The summed E-state index contributed by atoms with van der Waals surface area (Å²) >= 11 is 1.79. The minimum atomic E-state index is 0.524. The Morgan fingerprint density at radius 1 is 0.544 bits per heavy atom. The predicted molar refractivity (Wildman–Crippen MR) is 243 cm³/mol. The van der Waals surface area contributed by atoms with Gasteiger partial charge in [0, 0.05) is 18.1 Å². The maximum absolute atomic E-state index is 5.78. The molecule has 0 radical (unpaired) electrons. The molecule has 0 unspecified atom stereocenters. The summed E-state index contributed by atoms with van der Waals surface area (Å²) in [4.78, 5) is 17.4. The fourth-order valence-electron chi connectivity index (χ4n) is 8.47. The van der Waals surface area contributed by atoms with Gasteiger partial charge < -0.3 is 25.4 Å². The van der Waals surface area contributed by atoms with E-state index in [1.54, 1.807) is 11.3 Å². The number of anilines is 3. The van der Waals surface area contributed by atoms with Gasteiger partial charge in [-0.15, -0.1) is 0 Å². The van der Waals surface area contributed by atoms with Gasteiger partial charge in [0.1, 0.15) is 5.52 Å². The number of rotatable bonds is 9. The minimum Gasteiger partial charge on any atom is -0.424 e. The van der Waals surface area contributed by atoms with Crippen LogP contribution < -0.4 is 16.0 Å². The van der Waals surface area contributed by atoms with Crippen LogP contribution in [0.3, 0.4) is 0 Å². The lowest BCUT2D eigenvalue weighted by molar-refractivity contribution is 0.451. The van der Waals surface area contributed by atoms with Crippen LogP contribution in [0.25, 0.3) is 32.3 Å². The van der Waals surface area contributed by atoms with Crippen LogP contribution in [0.15, 0.2) is 59.0 Å². The third-order valence-corrected chi connectivity index (χ3v) is 13.1. The number of thiazole rings is 1. The van der Waals surface area contributed by atoms with Crippen LogP contribution in [0.1, 0.15) is 172 Å². The first-order valence-electron chi connectivity index (χ1n) is 22.3. The number of oxazole rings is 1. The van der Waals surface area contributed by atoms with E-state index in [9.17, 15) is 0 Å². The van der Waals surface area contributed by atoms with Crippen molar-refractivity contribution in [2.45, 2.75) is 174 Å². The molecule has 3 heterocycles. The molecule has 3 fully saturated rings. The lowest BCUT2D eigenvalue weighted by atomic mass is 9.96. The Bertz CT molecular complexity index is 1900. The maximum atomic E-state index is 5.78. The van der Waals surface area contributed by atoms with Crippen molar-refractivity contribution in [3.05, 3.63) is 71.3 Å². The van der Waals surface area contributed by atoms with E-state index in [1.165, 1.54) is 118 Å². The van der Waals surface area contributed by atoms with Crippen LogP contribution in [0.5, 0.6) is 0 Å². The van der Waals surface area contributed by atoms with Crippen molar-refractivity contribution in [2.24, 2.45) is 0 Å².